The number of benzene rings is 1. The minimum atomic E-state index is -0.617. The quantitative estimate of drug-likeness (QED) is 0.753. The van der Waals surface area contributed by atoms with Crippen molar-refractivity contribution in [2.45, 2.75) is 31.0 Å². The van der Waals surface area contributed by atoms with E-state index in [9.17, 15) is 14.4 Å². The van der Waals surface area contributed by atoms with E-state index >= 15 is 0 Å². The van der Waals surface area contributed by atoms with E-state index in [1.165, 1.54) is 11.3 Å². The lowest BCUT2D eigenvalue weighted by atomic mass is 10.0. The number of carbonyl (C=O) groups is 3. The van der Waals surface area contributed by atoms with Crippen molar-refractivity contribution in [1.29, 1.82) is 0 Å². The van der Waals surface area contributed by atoms with Gasteiger partial charge in [0.2, 0.25) is 11.8 Å². The normalized spacial score (nSPS) is 23.5. The number of nitrogens with one attached hydrogen (secondary N) is 2. The number of ether oxygens (including phenoxy) is 1. The fourth-order valence-corrected chi connectivity index (χ4v) is 4.85. The summed E-state index contributed by atoms with van der Waals surface area (Å²) in [5.41, 5.74) is 0.930. The molecule has 3 heterocycles. The topological polar surface area (TPSA) is 87.7 Å². The van der Waals surface area contributed by atoms with Crippen molar-refractivity contribution < 1.29 is 19.1 Å². The molecule has 4 rings (SSSR count). The highest BCUT2D eigenvalue weighted by molar-refractivity contribution is 7.12. The van der Waals surface area contributed by atoms with E-state index < -0.39 is 12.1 Å². The van der Waals surface area contributed by atoms with Crippen LogP contribution in [0.25, 0.3) is 0 Å². The molecule has 0 bridgehead atoms. The van der Waals surface area contributed by atoms with Gasteiger partial charge in [-0.15, -0.1) is 11.3 Å². The van der Waals surface area contributed by atoms with Crippen LogP contribution in [0.1, 0.15) is 21.7 Å². The molecule has 1 aromatic carbocycles. The number of piperazine rings is 1. The Balaban J connectivity index is 1.42. The molecule has 0 saturated carbocycles. The zero-order valence-electron chi connectivity index (χ0n) is 15.7. The van der Waals surface area contributed by atoms with E-state index in [1.54, 1.807) is 23.5 Å². The zero-order valence-corrected chi connectivity index (χ0v) is 17.3. The highest BCUT2D eigenvalue weighted by atomic mass is 35.5. The molecule has 2 saturated heterocycles. The van der Waals surface area contributed by atoms with Crippen LogP contribution < -0.4 is 15.4 Å². The Bertz CT molecular complexity index is 945. The Hall–Kier alpha value is -2.58. The van der Waals surface area contributed by atoms with E-state index in [-0.39, 0.29) is 23.8 Å². The van der Waals surface area contributed by atoms with Crippen LogP contribution in [-0.4, -0.2) is 54.4 Å². The van der Waals surface area contributed by atoms with E-state index in [0.29, 0.717) is 29.3 Å². The maximum Gasteiger partial charge on any atom is 0.263 e. The molecule has 0 radical (unpaired) electrons. The number of hydrogen-bond donors (Lipinski definition) is 2. The standard InChI is InChI=1S/C20H20ClN3O4S/c1-28-13-4-2-11(3-5-13)8-15-20(27)24-10-12(9-16(24)18(25)23-15)22-19(26)17-14(21)6-7-29-17/h2-7,12,15-16H,8-10H2,1H3,(H,22,26)(H,23,25)/t12-,15-,16-/m0/s1. The third kappa shape index (κ3) is 3.95. The summed E-state index contributed by atoms with van der Waals surface area (Å²) in [6, 6.07) is 7.60. The molecule has 3 amide bonds. The third-order valence-corrected chi connectivity index (χ3v) is 6.60. The third-order valence-electron chi connectivity index (χ3n) is 5.26. The average Bonchev–Trinajstić information content (AvgIpc) is 3.33. The van der Waals surface area contributed by atoms with Crippen LogP contribution in [0.3, 0.4) is 0 Å². The average molecular weight is 434 g/mol. The molecule has 0 unspecified atom stereocenters. The molecule has 2 fully saturated rings. The lowest BCUT2D eigenvalue weighted by molar-refractivity contribution is -0.147. The molecule has 2 aliphatic rings. The fourth-order valence-electron chi connectivity index (χ4n) is 3.80. The van der Waals surface area contributed by atoms with Crippen molar-refractivity contribution >= 4 is 40.7 Å². The lowest BCUT2D eigenvalue weighted by Gasteiger charge is -2.34. The van der Waals surface area contributed by atoms with Crippen LogP contribution in [0.4, 0.5) is 0 Å². The van der Waals surface area contributed by atoms with Crippen LogP contribution in [0, 0.1) is 0 Å². The molecule has 9 heteroatoms. The second kappa shape index (κ2) is 8.04. The first-order valence-corrected chi connectivity index (χ1v) is 10.5. The monoisotopic (exact) mass is 433 g/mol. The van der Waals surface area contributed by atoms with Gasteiger partial charge in [-0.3, -0.25) is 14.4 Å². The summed E-state index contributed by atoms with van der Waals surface area (Å²) in [5, 5.41) is 7.87. The first kappa shape index (κ1) is 19.7. The summed E-state index contributed by atoms with van der Waals surface area (Å²) in [6.45, 7) is 0.310. The van der Waals surface area contributed by atoms with Crippen molar-refractivity contribution in [3.8, 4) is 5.75 Å². The first-order valence-electron chi connectivity index (χ1n) is 9.24. The van der Waals surface area contributed by atoms with Crippen LogP contribution in [-0.2, 0) is 16.0 Å². The molecular weight excluding hydrogens is 414 g/mol. The van der Waals surface area contributed by atoms with Crippen molar-refractivity contribution in [3.63, 3.8) is 0 Å². The summed E-state index contributed by atoms with van der Waals surface area (Å²) in [6.07, 6.45) is 0.793. The van der Waals surface area contributed by atoms with Gasteiger partial charge in [-0.25, -0.2) is 0 Å². The summed E-state index contributed by atoms with van der Waals surface area (Å²) in [5.74, 6) is 0.139. The number of rotatable bonds is 5. The second-order valence-electron chi connectivity index (χ2n) is 7.12. The van der Waals surface area contributed by atoms with Gasteiger partial charge in [0.25, 0.3) is 5.91 Å². The summed E-state index contributed by atoms with van der Waals surface area (Å²) >= 11 is 7.28. The van der Waals surface area contributed by atoms with Gasteiger partial charge >= 0.3 is 0 Å². The summed E-state index contributed by atoms with van der Waals surface area (Å²) in [7, 11) is 1.59. The number of nitrogens with zero attached hydrogens (tertiary/aromatic N) is 1. The van der Waals surface area contributed by atoms with Gasteiger partial charge < -0.3 is 20.3 Å². The van der Waals surface area contributed by atoms with Gasteiger partial charge in [-0.05, 0) is 35.6 Å². The number of fused-ring (bicyclic) bond motifs is 1. The van der Waals surface area contributed by atoms with Crippen LogP contribution in [0.15, 0.2) is 35.7 Å². The van der Waals surface area contributed by atoms with Crippen LogP contribution in [0.2, 0.25) is 5.02 Å². The second-order valence-corrected chi connectivity index (χ2v) is 8.45. The molecule has 3 atom stereocenters. The van der Waals surface area contributed by atoms with Crippen LogP contribution in [0.5, 0.6) is 5.75 Å². The fraction of sp³-hybridized carbons (Fsp3) is 0.350. The lowest BCUT2D eigenvalue weighted by Crippen LogP contribution is -2.61. The first-order chi connectivity index (χ1) is 14.0. The number of methoxy groups -OCH3 is 1. The highest BCUT2D eigenvalue weighted by Crippen LogP contribution is 2.26. The molecular formula is C20H20ClN3O4S. The van der Waals surface area contributed by atoms with Crippen LogP contribution >= 0.6 is 22.9 Å². The molecule has 0 aliphatic carbocycles. The maximum atomic E-state index is 12.9. The van der Waals surface area contributed by atoms with Crippen molar-refractivity contribution in [2.24, 2.45) is 0 Å². The number of halogens is 1. The summed E-state index contributed by atoms with van der Waals surface area (Å²) in [4.78, 5) is 40.0. The van der Waals surface area contributed by atoms with E-state index in [2.05, 4.69) is 10.6 Å². The Morgan fingerprint density at radius 3 is 2.72 bits per heavy atom. The molecule has 152 valence electrons. The SMILES string of the molecule is COc1ccc(C[C@@H]2NC(=O)[C@@H]3C[C@H](NC(=O)c4sccc4Cl)CN3C2=O)cc1. The minimum Gasteiger partial charge on any atom is -0.497 e. The molecule has 29 heavy (non-hydrogen) atoms. The molecule has 2 N–H and O–H groups in total. The van der Waals surface area contributed by atoms with Gasteiger partial charge in [-0.1, -0.05) is 23.7 Å². The number of hydrogen-bond acceptors (Lipinski definition) is 5. The molecule has 2 aromatic rings. The molecule has 7 nitrogen and oxygen atoms in total. The Labute approximate surface area is 177 Å². The predicted molar refractivity (Wildman–Crippen MR) is 109 cm³/mol. The Morgan fingerprint density at radius 1 is 1.31 bits per heavy atom. The maximum absolute atomic E-state index is 12.9. The van der Waals surface area contributed by atoms with Crippen molar-refractivity contribution in [3.05, 3.63) is 51.2 Å². The largest absolute Gasteiger partial charge is 0.497 e. The van der Waals surface area contributed by atoms with E-state index in [1.807, 2.05) is 24.3 Å². The predicted octanol–water partition coefficient (Wildman–Crippen LogP) is 1.85. The van der Waals surface area contributed by atoms with Crippen molar-refractivity contribution in [2.75, 3.05) is 13.7 Å². The van der Waals surface area contributed by atoms with E-state index in [0.717, 1.165) is 11.3 Å². The Kier molecular flexibility index (Phi) is 5.47. The van der Waals surface area contributed by atoms with Gasteiger partial charge in [0.05, 0.1) is 12.1 Å². The van der Waals surface area contributed by atoms with Gasteiger partial charge in [0, 0.05) is 19.0 Å². The number of thiophene rings is 1. The highest BCUT2D eigenvalue weighted by Gasteiger charge is 2.46. The number of amides is 3. The zero-order chi connectivity index (χ0) is 20.5. The van der Waals surface area contributed by atoms with E-state index in [4.69, 9.17) is 16.3 Å². The Morgan fingerprint density at radius 2 is 2.07 bits per heavy atom. The molecule has 1 aromatic heterocycles. The summed E-state index contributed by atoms with van der Waals surface area (Å²) < 4.78 is 5.14. The minimum absolute atomic E-state index is 0.128. The van der Waals surface area contributed by atoms with Gasteiger partial charge in [-0.2, -0.15) is 0 Å². The molecule has 2 aliphatic heterocycles. The molecule has 0 spiro atoms. The number of carbonyl (C=O) groups excluding carboxylic acids is 3. The van der Waals surface area contributed by atoms with Crippen molar-refractivity contribution in [1.82, 2.24) is 15.5 Å². The van der Waals surface area contributed by atoms with Gasteiger partial charge in [0.1, 0.15) is 22.7 Å². The smallest absolute Gasteiger partial charge is 0.263 e. The van der Waals surface area contributed by atoms with Gasteiger partial charge in [0.15, 0.2) is 0 Å².